The Hall–Kier alpha value is -1.36. The van der Waals surface area contributed by atoms with Crippen molar-refractivity contribution in [3.05, 3.63) is 17.5 Å². The van der Waals surface area contributed by atoms with E-state index < -0.39 is 5.97 Å². The molecular formula is C12H18N2O3. The summed E-state index contributed by atoms with van der Waals surface area (Å²) in [6.45, 7) is 4.31. The Labute approximate surface area is 100 Å². The number of piperidine rings is 1. The SMILES string of the molecule is CCN1CCCCC1Cc1cc(C(=O)O)no1. The fourth-order valence-corrected chi connectivity index (χ4v) is 2.45. The molecule has 0 aromatic carbocycles. The fourth-order valence-electron chi connectivity index (χ4n) is 2.45. The Morgan fingerprint density at radius 3 is 3.12 bits per heavy atom. The van der Waals surface area contributed by atoms with Gasteiger partial charge in [0.25, 0.3) is 0 Å². The Morgan fingerprint density at radius 2 is 2.47 bits per heavy atom. The van der Waals surface area contributed by atoms with E-state index in [2.05, 4.69) is 17.0 Å². The molecule has 0 bridgehead atoms. The second-order valence-corrected chi connectivity index (χ2v) is 4.47. The van der Waals surface area contributed by atoms with Crippen LogP contribution in [0.2, 0.25) is 0 Å². The lowest BCUT2D eigenvalue weighted by Crippen LogP contribution is -2.40. The fraction of sp³-hybridized carbons (Fsp3) is 0.667. The van der Waals surface area contributed by atoms with Gasteiger partial charge in [0.05, 0.1) is 0 Å². The van der Waals surface area contributed by atoms with E-state index in [1.165, 1.54) is 18.9 Å². The molecule has 1 atom stereocenters. The Kier molecular flexibility index (Phi) is 3.78. The number of nitrogens with zero attached hydrogens (tertiary/aromatic N) is 2. The van der Waals surface area contributed by atoms with Gasteiger partial charge < -0.3 is 14.5 Å². The van der Waals surface area contributed by atoms with Crippen LogP contribution in [0, 0.1) is 0 Å². The Balaban J connectivity index is 2.00. The first-order valence-electron chi connectivity index (χ1n) is 6.13. The van der Waals surface area contributed by atoms with Gasteiger partial charge in [-0.3, -0.25) is 0 Å². The molecule has 5 heteroatoms. The molecule has 0 radical (unpaired) electrons. The maximum Gasteiger partial charge on any atom is 0.358 e. The maximum atomic E-state index is 10.7. The number of likely N-dealkylation sites (tertiary alicyclic amines) is 1. The lowest BCUT2D eigenvalue weighted by atomic mass is 9.98. The largest absolute Gasteiger partial charge is 0.476 e. The van der Waals surface area contributed by atoms with Crippen molar-refractivity contribution in [3.63, 3.8) is 0 Å². The number of hydrogen-bond acceptors (Lipinski definition) is 4. The van der Waals surface area contributed by atoms with E-state index in [0.29, 0.717) is 11.8 Å². The topological polar surface area (TPSA) is 66.6 Å². The summed E-state index contributed by atoms with van der Waals surface area (Å²) in [6.07, 6.45) is 4.40. The van der Waals surface area contributed by atoms with Gasteiger partial charge in [-0.15, -0.1) is 0 Å². The van der Waals surface area contributed by atoms with Crippen LogP contribution in [0.5, 0.6) is 0 Å². The predicted octanol–water partition coefficient (Wildman–Crippen LogP) is 1.79. The molecule has 1 aliphatic heterocycles. The molecule has 1 fully saturated rings. The van der Waals surface area contributed by atoms with Crippen LogP contribution in [0.4, 0.5) is 0 Å². The summed E-state index contributed by atoms with van der Waals surface area (Å²) in [7, 11) is 0. The van der Waals surface area contributed by atoms with Crippen molar-refractivity contribution in [2.45, 2.75) is 38.6 Å². The maximum absolute atomic E-state index is 10.7. The molecule has 0 amide bonds. The van der Waals surface area contributed by atoms with Gasteiger partial charge >= 0.3 is 5.97 Å². The minimum absolute atomic E-state index is 0.00106. The van der Waals surface area contributed by atoms with E-state index in [0.717, 1.165) is 25.9 Å². The molecule has 0 spiro atoms. The zero-order valence-electron chi connectivity index (χ0n) is 10.1. The number of hydrogen-bond donors (Lipinski definition) is 1. The van der Waals surface area contributed by atoms with E-state index in [4.69, 9.17) is 9.63 Å². The van der Waals surface area contributed by atoms with E-state index in [1.54, 1.807) is 0 Å². The van der Waals surface area contributed by atoms with Crippen LogP contribution < -0.4 is 0 Å². The van der Waals surface area contributed by atoms with Crippen LogP contribution in [0.15, 0.2) is 10.6 Å². The Bertz CT molecular complexity index is 389. The number of aromatic nitrogens is 1. The van der Waals surface area contributed by atoms with Gasteiger partial charge in [-0.05, 0) is 25.9 Å². The van der Waals surface area contributed by atoms with Crippen LogP contribution in [0.3, 0.4) is 0 Å². The van der Waals surface area contributed by atoms with Crippen molar-refractivity contribution in [3.8, 4) is 0 Å². The quantitative estimate of drug-likeness (QED) is 0.866. The molecule has 1 aliphatic rings. The lowest BCUT2D eigenvalue weighted by molar-refractivity contribution is 0.0685. The summed E-state index contributed by atoms with van der Waals surface area (Å²) in [5.74, 6) is -0.358. The molecule has 2 heterocycles. The smallest absolute Gasteiger partial charge is 0.358 e. The molecule has 17 heavy (non-hydrogen) atoms. The highest BCUT2D eigenvalue weighted by Gasteiger charge is 2.23. The molecule has 0 saturated carbocycles. The lowest BCUT2D eigenvalue weighted by Gasteiger charge is -2.34. The number of aromatic carboxylic acids is 1. The molecule has 1 N–H and O–H groups in total. The van der Waals surface area contributed by atoms with Crippen LogP contribution in [0.1, 0.15) is 42.4 Å². The van der Waals surface area contributed by atoms with Crippen LogP contribution in [-0.2, 0) is 6.42 Å². The van der Waals surface area contributed by atoms with Gasteiger partial charge in [-0.2, -0.15) is 0 Å². The monoisotopic (exact) mass is 238 g/mol. The molecule has 2 rings (SSSR count). The summed E-state index contributed by atoms with van der Waals surface area (Å²) in [5.41, 5.74) is -0.00106. The van der Waals surface area contributed by atoms with Crippen molar-refractivity contribution >= 4 is 5.97 Å². The van der Waals surface area contributed by atoms with Gasteiger partial charge in [0.1, 0.15) is 5.76 Å². The van der Waals surface area contributed by atoms with Crippen LogP contribution in [-0.4, -0.2) is 40.3 Å². The van der Waals surface area contributed by atoms with Crippen molar-refractivity contribution in [2.24, 2.45) is 0 Å². The van der Waals surface area contributed by atoms with Gasteiger partial charge in [0.15, 0.2) is 5.69 Å². The van der Waals surface area contributed by atoms with Gasteiger partial charge in [-0.1, -0.05) is 18.5 Å². The van der Waals surface area contributed by atoms with E-state index in [9.17, 15) is 4.79 Å². The average molecular weight is 238 g/mol. The minimum Gasteiger partial charge on any atom is -0.476 e. The third-order valence-electron chi connectivity index (χ3n) is 3.37. The summed E-state index contributed by atoms with van der Waals surface area (Å²) < 4.78 is 5.06. The summed E-state index contributed by atoms with van der Waals surface area (Å²) >= 11 is 0. The van der Waals surface area contributed by atoms with E-state index in [1.807, 2.05) is 0 Å². The van der Waals surface area contributed by atoms with Crippen LogP contribution >= 0.6 is 0 Å². The molecule has 1 aromatic rings. The van der Waals surface area contributed by atoms with Crippen molar-refractivity contribution in [2.75, 3.05) is 13.1 Å². The number of carboxylic acid groups (broad SMARTS) is 1. The highest BCUT2D eigenvalue weighted by Crippen LogP contribution is 2.20. The van der Waals surface area contributed by atoms with Crippen LogP contribution in [0.25, 0.3) is 0 Å². The number of carboxylic acids is 1. The van der Waals surface area contributed by atoms with Crippen molar-refractivity contribution in [1.82, 2.24) is 10.1 Å². The second-order valence-electron chi connectivity index (χ2n) is 4.47. The second kappa shape index (κ2) is 5.31. The molecule has 1 aromatic heterocycles. The summed E-state index contributed by atoms with van der Waals surface area (Å²) in [5, 5.41) is 12.3. The Morgan fingerprint density at radius 1 is 1.65 bits per heavy atom. The number of likely N-dealkylation sites (N-methyl/N-ethyl adjacent to an activating group) is 1. The van der Waals surface area contributed by atoms with Gasteiger partial charge in [-0.25, -0.2) is 4.79 Å². The van der Waals surface area contributed by atoms with Gasteiger partial charge in [0, 0.05) is 18.5 Å². The summed E-state index contributed by atoms with van der Waals surface area (Å²) in [4.78, 5) is 13.1. The molecule has 5 nitrogen and oxygen atoms in total. The van der Waals surface area contributed by atoms with Gasteiger partial charge in [0.2, 0.25) is 0 Å². The molecular weight excluding hydrogens is 220 g/mol. The highest BCUT2D eigenvalue weighted by molar-refractivity contribution is 5.85. The molecule has 0 aliphatic carbocycles. The van der Waals surface area contributed by atoms with E-state index in [-0.39, 0.29) is 5.69 Å². The highest BCUT2D eigenvalue weighted by atomic mass is 16.5. The predicted molar refractivity (Wildman–Crippen MR) is 62.1 cm³/mol. The first-order chi connectivity index (χ1) is 8.20. The number of rotatable bonds is 4. The normalized spacial score (nSPS) is 21.6. The zero-order valence-corrected chi connectivity index (χ0v) is 10.1. The third-order valence-corrected chi connectivity index (χ3v) is 3.37. The number of carbonyl (C=O) groups is 1. The standard InChI is InChI=1S/C12H18N2O3/c1-2-14-6-4-3-5-9(14)7-10-8-11(12(15)16)13-17-10/h8-9H,2-7H2,1H3,(H,15,16). The first kappa shape index (κ1) is 12.1. The van der Waals surface area contributed by atoms with Crippen molar-refractivity contribution < 1.29 is 14.4 Å². The first-order valence-corrected chi connectivity index (χ1v) is 6.13. The third kappa shape index (κ3) is 2.85. The summed E-state index contributed by atoms with van der Waals surface area (Å²) in [6, 6.07) is 1.99. The zero-order chi connectivity index (χ0) is 12.3. The average Bonchev–Trinajstić information content (AvgIpc) is 2.78. The molecule has 1 unspecified atom stereocenters. The van der Waals surface area contributed by atoms with Crippen molar-refractivity contribution in [1.29, 1.82) is 0 Å². The molecule has 1 saturated heterocycles. The molecule has 94 valence electrons. The van der Waals surface area contributed by atoms with E-state index >= 15 is 0 Å². The minimum atomic E-state index is -1.03.